The van der Waals surface area contributed by atoms with E-state index in [1.165, 1.54) is 0 Å². The van der Waals surface area contributed by atoms with E-state index in [-0.39, 0.29) is 6.61 Å². The van der Waals surface area contributed by atoms with Crippen molar-refractivity contribution in [2.24, 2.45) is 5.92 Å². The first kappa shape index (κ1) is 12.8. The lowest BCUT2D eigenvalue weighted by molar-refractivity contribution is -0.139. The minimum absolute atomic E-state index is 0.252. The lowest BCUT2D eigenvalue weighted by Crippen LogP contribution is -2.42. The van der Waals surface area contributed by atoms with Gasteiger partial charge in [0, 0.05) is 0 Å². The molecule has 1 atom stereocenters. The molecule has 1 aliphatic rings. The summed E-state index contributed by atoms with van der Waals surface area (Å²) in [7, 11) is 0. The summed E-state index contributed by atoms with van der Waals surface area (Å²) in [6.45, 7) is 1.94. The average Bonchev–Trinajstić information content (AvgIpc) is 2.69. The number of ether oxygens (including phenoxy) is 1. The van der Waals surface area contributed by atoms with E-state index in [1.807, 2.05) is 0 Å². The van der Waals surface area contributed by atoms with Gasteiger partial charge in [-0.15, -0.1) is 0 Å². The van der Waals surface area contributed by atoms with E-state index in [4.69, 9.17) is 5.11 Å². The zero-order valence-corrected chi connectivity index (χ0v) is 9.57. The molecule has 1 fully saturated rings. The fourth-order valence-corrected chi connectivity index (χ4v) is 2.12. The second-order valence-corrected chi connectivity index (χ2v) is 4.14. The largest absolute Gasteiger partial charge is 0.480 e. The van der Waals surface area contributed by atoms with Crippen LogP contribution in [0.2, 0.25) is 0 Å². The SMILES string of the molecule is CCOC(=O)NC(CC1CCCC1)C(=O)O. The first-order valence-corrected chi connectivity index (χ1v) is 5.79. The number of aliphatic carboxylic acids is 1. The average molecular weight is 229 g/mol. The van der Waals surface area contributed by atoms with E-state index < -0.39 is 18.1 Å². The Bertz CT molecular complexity index is 248. The molecule has 0 saturated heterocycles. The summed E-state index contributed by atoms with van der Waals surface area (Å²) >= 11 is 0. The fraction of sp³-hybridized carbons (Fsp3) is 0.818. The summed E-state index contributed by atoms with van der Waals surface area (Å²) in [4.78, 5) is 22.1. The van der Waals surface area contributed by atoms with Gasteiger partial charge in [0.05, 0.1) is 6.61 Å². The van der Waals surface area contributed by atoms with Crippen LogP contribution in [0, 0.1) is 5.92 Å². The fourth-order valence-electron chi connectivity index (χ4n) is 2.12. The van der Waals surface area contributed by atoms with Gasteiger partial charge in [-0.25, -0.2) is 9.59 Å². The van der Waals surface area contributed by atoms with Crippen molar-refractivity contribution in [1.82, 2.24) is 5.32 Å². The Labute approximate surface area is 95.2 Å². The van der Waals surface area contributed by atoms with E-state index >= 15 is 0 Å². The lowest BCUT2D eigenvalue weighted by Gasteiger charge is -2.17. The van der Waals surface area contributed by atoms with Crippen molar-refractivity contribution in [1.29, 1.82) is 0 Å². The predicted molar refractivity (Wildman–Crippen MR) is 58.2 cm³/mol. The summed E-state index contributed by atoms with van der Waals surface area (Å²) in [5.74, 6) is -0.567. The van der Waals surface area contributed by atoms with Crippen LogP contribution in [0.15, 0.2) is 0 Å². The molecule has 1 amide bonds. The molecule has 1 rings (SSSR count). The molecule has 0 aromatic rings. The Balaban J connectivity index is 2.40. The van der Waals surface area contributed by atoms with Crippen LogP contribution in [0.3, 0.4) is 0 Å². The molecular formula is C11H19NO4. The number of hydrogen-bond acceptors (Lipinski definition) is 3. The molecule has 1 unspecified atom stereocenters. The molecule has 0 radical (unpaired) electrons. The molecule has 2 N–H and O–H groups in total. The maximum Gasteiger partial charge on any atom is 0.407 e. The van der Waals surface area contributed by atoms with Crippen molar-refractivity contribution in [2.75, 3.05) is 6.61 Å². The van der Waals surface area contributed by atoms with E-state index in [9.17, 15) is 9.59 Å². The Kier molecular flexibility index (Phi) is 5.08. The molecule has 1 saturated carbocycles. The molecule has 0 aliphatic heterocycles. The number of carboxylic acid groups (broad SMARTS) is 1. The molecule has 5 heteroatoms. The molecule has 5 nitrogen and oxygen atoms in total. The van der Waals surface area contributed by atoms with Gasteiger partial charge in [-0.3, -0.25) is 0 Å². The van der Waals surface area contributed by atoms with Crippen LogP contribution in [0.5, 0.6) is 0 Å². The molecule has 0 aromatic heterocycles. The van der Waals surface area contributed by atoms with Gasteiger partial charge in [0.1, 0.15) is 6.04 Å². The van der Waals surface area contributed by atoms with Crippen molar-refractivity contribution in [3.63, 3.8) is 0 Å². The predicted octanol–water partition coefficient (Wildman–Crippen LogP) is 1.77. The number of carbonyl (C=O) groups is 2. The highest BCUT2D eigenvalue weighted by Gasteiger charge is 2.26. The first-order valence-electron chi connectivity index (χ1n) is 5.79. The second kappa shape index (κ2) is 6.35. The highest BCUT2D eigenvalue weighted by molar-refractivity contribution is 5.79. The normalized spacial score (nSPS) is 18.1. The van der Waals surface area contributed by atoms with Crippen LogP contribution in [0.1, 0.15) is 39.0 Å². The molecule has 92 valence electrons. The van der Waals surface area contributed by atoms with Crippen molar-refractivity contribution in [3.8, 4) is 0 Å². The summed E-state index contributed by atoms with van der Waals surface area (Å²) < 4.78 is 4.67. The number of carboxylic acids is 1. The van der Waals surface area contributed by atoms with Crippen LogP contribution in [0.25, 0.3) is 0 Å². The molecule has 1 aliphatic carbocycles. The van der Waals surface area contributed by atoms with Crippen molar-refractivity contribution < 1.29 is 19.4 Å². The number of nitrogens with one attached hydrogen (secondary N) is 1. The summed E-state index contributed by atoms with van der Waals surface area (Å²) in [5, 5.41) is 11.4. The van der Waals surface area contributed by atoms with Crippen molar-refractivity contribution >= 4 is 12.1 Å². The Morgan fingerprint density at radius 2 is 2.06 bits per heavy atom. The van der Waals surface area contributed by atoms with Gasteiger partial charge in [0.15, 0.2) is 0 Å². The van der Waals surface area contributed by atoms with Crippen LogP contribution in [0.4, 0.5) is 4.79 Å². The van der Waals surface area contributed by atoms with Crippen molar-refractivity contribution in [2.45, 2.75) is 45.1 Å². The van der Waals surface area contributed by atoms with Crippen LogP contribution in [-0.2, 0) is 9.53 Å². The summed E-state index contributed by atoms with van der Waals surface area (Å²) in [5.41, 5.74) is 0. The Morgan fingerprint density at radius 3 is 2.56 bits per heavy atom. The number of hydrogen-bond donors (Lipinski definition) is 2. The van der Waals surface area contributed by atoms with Gasteiger partial charge < -0.3 is 15.2 Å². The van der Waals surface area contributed by atoms with Gasteiger partial charge in [-0.05, 0) is 19.3 Å². The first-order chi connectivity index (χ1) is 7.63. The van der Waals surface area contributed by atoms with Gasteiger partial charge in [-0.2, -0.15) is 0 Å². The van der Waals surface area contributed by atoms with E-state index in [0.29, 0.717) is 12.3 Å². The molecule has 0 spiro atoms. The third-order valence-electron chi connectivity index (χ3n) is 2.91. The van der Waals surface area contributed by atoms with Gasteiger partial charge in [-0.1, -0.05) is 25.7 Å². The van der Waals surface area contributed by atoms with Crippen molar-refractivity contribution in [3.05, 3.63) is 0 Å². The third kappa shape index (κ3) is 4.08. The molecule has 0 aromatic carbocycles. The Hall–Kier alpha value is -1.26. The number of rotatable bonds is 5. The second-order valence-electron chi connectivity index (χ2n) is 4.14. The standard InChI is InChI=1S/C11H19NO4/c1-2-16-11(15)12-9(10(13)14)7-8-5-3-4-6-8/h8-9H,2-7H2,1H3,(H,12,15)(H,13,14). The quantitative estimate of drug-likeness (QED) is 0.753. The van der Waals surface area contributed by atoms with Gasteiger partial charge >= 0.3 is 12.1 Å². The summed E-state index contributed by atoms with van der Waals surface area (Å²) in [6.07, 6.45) is 4.32. The monoisotopic (exact) mass is 229 g/mol. The maximum atomic E-state index is 11.1. The Morgan fingerprint density at radius 1 is 1.44 bits per heavy atom. The molecular weight excluding hydrogens is 210 g/mol. The van der Waals surface area contributed by atoms with E-state index in [1.54, 1.807) is 6.92 Å². The van der Waals surface area contributed by atoms with E-state index in [0.717, 1.165) is 25.7 Å². The summed E-state index contributed by atoms with van der Waals surface area (Å²) in [6, 6.07) is -0.817. The topological polar surface area (TPSA) is 75.6 Å². The highest BCUT2D eigenvalue weighted by atomic mass is 16.5. The zero-order valence-electron chi connectivity index (χ0n) is 9.57. The molecule has 0 bridgehead atoms. The number of amides is 1. The smallest absolute Gasteiger partial charge is 0.407 e. The zero-order chi connectivity index (χ0) is 12.0. The highest BCUT2D eigenvalue weighted by Crippen LogP contribution is 2.28. The molecule has 0 heterocycles. The van der Waals surface area contributed by atoms with Crippen LogP contribution < -0.4 is 5.32 Å². The van der Waals surface area contributed by atoms with Crippen LogP contribution in [-0.4, -0.2) is 29.8 Å². The third-order valence-corrected chi connectivity index (χ3v) is 2.91. The maximum absolute atomic E-state index is 11.1. The number of carbonyl (C=O) groups excluding carboxylic acids is 1. The molecule has 16 heavy (non-hydrogen) atoms. The minimum atomic E-state index is -0.986. The van der Waals surface area contributed by atoms with E-state index in [2.05, 4.69) is 10.1 Å². The van der Waals surface area contributed by atoms with Gasteiger partial charge in [0.25, 0.3) is 0 Å². The van der Waals surface area contributed by atoms with Crippen LogP contribution >= 0.6 is 0 Å². The van der Waals surface area contributed by atoms with Gasteiger partial charge in [0.2, 0.25) is 0 Å². The minimum Gasteiger partial charge on any atom is -0.480 e. The number of alkyl carbamates (subject to hydrolysis) is 1. The lowest BCUT2D eigenvalue weighted by atomic mass is 9.98.